The van der Waals surface area contributed by atoms with E-state index in [1.54, 1.807) is 0 Å². The van der Waals surface area contributed by atoms with Crippen molar-refractivity contribution >= 4 is 11.5 Å². The van der Waals surface area contributed by atoms with Crippen LogP contribution in [0.3, 0.4) is 0 Å². The van der Waals surface area contributed by atoms with Crippen LogP contribution in [0.2, 0.25) is 0 Å². The molecule has 0 radical (unpaired) electrons. The molecular formula is C10H19N3S. The Kier molecular flexibility index (Phi) is 4.48. The smallest absolute Gasteiger partial charge is 0.0801 e. The molecule has 2 atom stereocenters. The lowest BCUT2D eigenvalue weighted by Gasteiger charge is -2.17. The molecule has 14 heavy (non-hydrogen) atoms. The first-order valence-electron chi connectivity index (χ1n) is 5.27. The Hall–Kier alpha value is -0.480. The molecule has 4 heteroatoms. The molecule has 1 rings (SSSR count). The second-order valence-electron chi connectivity index (χ2n) is 3.73. The Labute approximate surface area is 89.9 Å². The highest BCUT2D eigenvalue weighted by molar-refractivity contribution is 7.05. The fourth-order valence-corrected chi connectivity index (χ4v) is 2.48. The molecule has 0 aliphatic carbocycles. The van der Waals surface area contributed by atoms with Gasteiger partial charge in [-0.15, -0.1) is 5.10 Å². The van der Waals surface area contributed by atoms with Crippen LogP contribution in [0, 0.1) is 5.92 Å². The molecule has 0 aliphatic heterocycles. The van der Waals surface area contributed by atoms with Gasteiger partial charge in [-0.25, -0.2) is 0 Å². The third kappa shape index (κ3) is 2.51. The maximum atomic E-state index is 6.18. The number of aromatic nitrogens is 2. The summed E-state index contributed by atoms with van der Waals surface area (Å²) >= 11 is 1.45. The molecule has 0 amide bonds. The number of hydrogen-bond donors (Lipinski definition) is 1. The van der Waals surface area contributed by atoms with Crippen LogP contribution in [0.25, 0.3) is 0 Å². The summed E-state index contributed by atoms with van der Waals surface area (Å²) in [7, 11) is 0. The van der Waals surface area contributed by atoms with Gasteiger partial charge in [-0.05, 0) is 30.3 Å². The third-order valence-corrected chi connectivity index (χ3v) is 3.45. The van der Waals surface area contributed by atoms with Gasteiger partial charge in [0.15, 0.2) is 0 Å². The van der Waals surface area contributed by atoms with Crippen molar-refractivity contribution in [2.24, 2.45) is 11.7 Å². The van der Waals surface area contributed by atoms with Crippen molar-refractivity contribution in [3.8, 4) is 0 Å². The van der Waals surface area contributed by atoms with Gasteiger partial charge in [0, 0.05) is 6.04 Å². The van der Waals surface area contributed by atoms with E-state index in [9.17, 15) is 0 Å². The van der Waals surface area contributed by atoms with Crippen LogP contribution in [0.1, 0.15) is 50.2 Å². The first-order chi connectivity index (χ1) is 6.70. The maximum absolute atomic E-state index is 6.18. The minimum atomic E-state index is 0.116. The predicted molar refractivity (Wildman–Crippen MR) is 60.3 cm³/mol. The number of nitrogens with zero attached hydrogens (tertiary/aromatic N) is 2. The summed E-state index contributed by atoms with van der Waals surface area (Å²) in [6.07, 6.45) is 3.28. The Morgan fingerprint density at radius 1 is 1.43 bits per heavy atom. The summed E-state index contributed by atoms with van der Waals surface area (Å²) in [5.41, 5.74) is 7.25. The fraction of sp³-hybridized carbons (Fsp3) is 0.800. The van der Waals surface area contributed by atoms with Crippen LogP contribution < -0.4 is 5.73 Å². The number of rotatable bonds is 5. The van der Waals surface area contributed by atoms with E-state index < -0.39 is 0 Å². The van der Waals surface area contributed by atoms with Crippen LogP contribution in [-0.2, 0) is 6.42 Å². The molecule has 0 saturated carbocycles. The molecule has 2 N–H and O–H groups in total. The van der Waals surface area contributed by atoms with E-state index in [2.05, 4.69) is 30.4 Å². The van der Waals surface area contributed by atoms with Crippen LogP contribution in [0.4, 0.5) is 0 Å². The van der Waals surface area contributed by atoms with Crippen LogP contribution in [0.15, 0.2) is 0 Å². The van der Waals surface area contributed by atoms with E-state index in [0.717, 1.165) is 12.1 Å². The van der Waals surface area contributed by atoms with Crippen LogP contribution in [0.5, 0.6) is 0 Å². The van der Waals surface area contributed by atoms with Crippen molar-refractivity contribution in [3.05, 3.63) is 10.6 Å². The zero-order chi connectivity index (χ0) is 10.6. The molecule has 1 aromatic heterocycles. The van der Waals surface area contributed by atoms with Crippen molar-refractivity contribution in [1.82, 2.24) is 9.59 Å². The van der Waals surface area contributed by atoms with E-state index >= 15 is 0 Å². The summed E-state index contributed by atoms with van der Waals surface area (Å²) in [5.74, 6) is 0.521. The Morgan fingerprint density at radius 2 is 2.14 bits per heavy atom. The van der Waals surface area contributed by atoms with Crippen molar-refractivity contribution in [2.45, 2.75) is 46.1 Å². The molecule has 1 aromatic rings. The minimum Gasteiger partial charge on any atom is -0.323 e. The summed E-state index contributed by atoms with van der Waals surface area (Å²) in [5, 5.41) is 4.09. The second-order valence-corrected chi connectivity index (χ2v) is 4.51. The van der Waals surface area contributed by atoms with E-state index in [0.29, 0.717) is 5.92 Å². The van der Waals surface area contributed by atoms with E-state index in [1.807, 2.05) is 0 Å². The largest absolute Gasteiger partial charge is 0.323 e. The molecule has 2 unspecified atom stereocenters. The highest BCUT2D eigenvalue weighted by Gasteiger charge is 2.19. The van der Waals surface area contributed by atoms with E-state index in [4.69, 9.17) is 5.73 Å². The Morgan fingerprint density at radius 3 is 2.71 bits per heavy atom. The van der Waals surface area contributed by atoms with Gasteiger partial charge < -0.3 is 5.73 Å². The zero-order valence-corrected chi connectivity index (χ0v) is 9.97. The van der Waals surface area contributed by atoms with Crippen molar-refractivity contribution in [3.63, 3.8) is 0 Å². The fourth-order valence-electron chi connectivity index (χ4n) is 1.61. The minimum absolute atomic E-state index is 0.116. The van der Waals surface area contributed by atoms with E-state index in [-0.39, 0.29) is 6.04 Å². The highest BCUT2D eigenvalue weighted by Crippen LogP contribution is 2.27. The normalized spacial score (nSPS) is 15.4. The van der Waals surface area contributed by atoms with Gasteiger partial charge >= 0.3 is 0 Å². The van der Waals surface area contributed by atoms with Gasteiger partial charge in [-0.2, -0.15) is 0 Å². The quantitative estimate of drug-likeness (QED) is 0.817. The van der Waals surface area contributed by atoms with Crippen molar-refractivity contribution < 1.29 is 0 Å². The molecule has 0 saturated heterocycles. The SMILES string of the molecule is CCCC(C)C(N)c1snnc1CC. The Bertz CT molecular complexity index is 272. The van der Waals surface area contributed by atoms with Gasteiger partial charge in [0.1, 0.15) is 0 Å². The number of hydrogen-bond acceptors (Lipinski definition) is 4. The molecule has 3 nitrogen and oxygen atoms in total. The lowest BCUT2D eigenvalue weighted by atomic mass is 9.95. The molecular weight excluding hydrogens is 194 g/mol. The zero-order valence-electron chi connectivity index (χ0n) is 9.16. The lowest BCUT2D eigenvalue weighted by Crippen LogP contribution is -2.19. The van der Waals surface area contributed by atoms with Crippen molar-refractivity contribution in [1.29, 1.82) is 0 Å². The summed E-state index contributed by atoms with van der Waals surface area (Å²) in [6.45, 7) is 6.49. The molecule has 0 bridgehead atoms. The molecule has 0 aliphatic rings. The summed E-state index contributed by atoms with van der Waals surface area (Å²) in [4.78, 5) is 1.17. The maximum Gasteiger partial charge on any atom is 0.0801 e. The van der Waals surface area contributed by atoms with Gasteiger partial charge in [0.2, 0.25) is 0 Å². The standard InChI is InChI=1S/C10H19N3S/c1-4-6-7(3)9(11)10-8(5-2)12-13-14-10/h7,9H,4-6,11H2,1-3H3. The monoisotopic (exact) mass is 213 g/mol. The lowest BCUT2D eigenvalue weighted by molar-refractivity contribution is 0.436. The molecule has 0 fully saturated rings. The molecule has 80 valence electrons. The van der Waals surface area contributed by atoms with Gasteiger partial charge in [0.05, 0.1) is 10.6 Å². The molecule has 1 heterocycles. The van der Waals surface area contributed by atoms with Gasteiger partial charge in [0.25, 0.3) is 0 Å². The predicted octanol–water partition coefficient (Wildman–Crippen LogP) is 2.54. The van der Waals surface area contributed by atoms with Gasteiger partial charge in [-0.1, -0.05) is 31.7 Å². The van der Waals surface area contributed by atoms with Crippen LogP contribution >= 0.6 is 11.5 Å². The average molecular weight is 213 g/mol. The summed E-state index contributed by atoms with van der Waals surface area (Å²) in [6, 6.07) is 0.116. The first kappa shape index (κ1) is 11.6. The van der Waals surface area contributed by atoms with Crippen molar-refractivity contribution in [2.75, 3.05) is 0 Å². The highest BCUT2D eigenvalue weighted by atomic mass is 32.1. The second kappa shape index (κ2) is 5.41. The number of aryl methyl sites for hydroxylation is 1. The first-order valence-corrected chi connectivity index (χ1v) is 6.04. The molecule has 0 aromatic carbocycles. The topological polar surface area (TPSA) is 51.8 Å². The third-order valence-electron chi connectivity index (χ3n) is 2.58. The average Bonchev–Trinajstić information content (AvgIpc) is 2.64. The van der Waals surface area contributed by atoms with E-state index in [1.165, 1.54) is 29.3 Å². The molecule has 0 spiro atoms. The van der Waals surface area contributed by atoms with Crippen LogP contribution in [-0.4, -0.2) is 9.59 Å². The number of nitrogens with two attached hydrogens (primary N) is 1. The van der Waals surface area contributed by atoms with Gasteiger partial charge in [-0.3, -0.25) is 0 Å². The Balaban J connectivity index is 2.72. The summed E-state index contributed by atoms with van der Waals surface area (Å²) < 4.78 is 3.97.